The zero-order valence-electron chi connectivity index (χ0n) is 12.8. The Kier molecular flexibility index (Phi) is 5.90. The summed E-state index contributed by atoms with van der Waals surface area (Å²) in [5.74, 6) is -0.516. The van der Waals surface area contributed by atoms with Gasteiger partial charge in [0.15, 0.2) is 0 Å². The molecule has 0 aromatic heterocycles. The van der Waals surface area contributed by atoms with E-state index in [1.165, 1.54) is 18.2 Å². The second-order valence-electron chi connectivity index (χ2n) is 4.76. The summed E-state index contributed by atoms with van der Waals surface area (Å²) in [4.78, 5) is 23.3. The van der Waals surface area contributed by atoms with Crippen molar-refractivity contribution in [2.24, 2.45) is 0 Å². The summed E-state index contributed by atoms with van der Waals surface area (Å²) in [5.41, 5.74) is 1.16. The number of para-hydroxylation sites is 1. The van der Waals surface area contributed by atoms with Crippen LogP contribution in [0.25, 0.3) is 0 Å². The third-order valence-electron chi connectivity index (χ3n) is 2.93. The van der Waals surface area contributed by atoms with Crippen LogP contribution in [0.2, 0.25) is 0 Å². The lowest BCUT2D eigenvalue weighted by Crippen LogP contribution is -2.28. The number of anilines is 3. The molecule has 0 heterocycles. The van der Waals surface area contributed by atoms with Crippen molar-refractivity contribution >= 4 is 29.1 Å². The Labute approximate surface area is 138 Å². The van der Waals surface area contributed by atoms with Gasteiger partial charge in [-0.05, 0) is 36.4 Å². The quantitative estimate of drug-likeness (QED) is 0.630. The van der Waals surface area contributed by atoms with Crippen LogP contribution in [-0.4, -0.2) is 18.6 Å². The number of hydrogen-bond acceptors (Lipinski definition) is 2. The van der Waals surface area contributed by atoms with E-state index in [1.807, 2.05) is 0 Å². The maximum atomic E-state index is 13.5. The first kappa shape index (κ1) is 17.0. The smallest absolute Gasteiger partial charge is 0.323 e. The van der Waals surface area contributed by atoms with Crippen molar-refractivity contribution in [1.82, 2.24) is 5.32 Å². The lowest BCUT2D eigenvalue weighted by molar-refractivity contribution is 0.253. The fourth-order valence-corrected chi connectivity index (χ4v) is 1.82. The number of rotatable bonds is 5. The molecule has 0 aliphatic carbocycles. The minimum absolute atomic E-state index is 0.0900. The van der Waals surface area contributed by atoms with Gasteiger partial charge in [0.05, 0.1) is 5.69 Å². The molecule has 2 aromatic carbocycles. The highest BCUT2D eigenvalue weighted by Gasteiger charge is 2.06. The number of carbonyl (C=O) groups excluding carboxylic acids is 2. The average molecular weight is 328 g/mol. The number of halogens is 1. The van der Waals surface area contributed by atoms with Gasteiger partial charge in [-0.1, -0.05) is 18.2 Å². The summed E-state index contributed by atoms with van der Waals surface area (Å²) in [5, 5.41) is 10.2. The van der Waals surface area contributed by atoms with E-state index in [1.54, 1.807) is 36.4 Å². The molecule has 0 radical (unpaired) electrons. The van der Waals surface area contributed by atoms with Gasteiger partial charge in [-0.15, -0.1) is 6.58 Å². The van der Waals surface area contributed by atoms with Gasteiger partial charge in [-0.25, -0.2) is 14.0 Å². The van der Waals surface area contributed by atoms with Gasteiger partial charge in [-0.3, -0.25) is 0 Å². The van der Waals surface area contributed by atoms with Crippen LogP contribution >= 0.6 is 0 Å². The Bertz CT molecular complexity index is 732. The molecule has 0 bridgehead atoms. The lowest BCUT2D eigenvalue weighted by atomic mass is 10.3. The molecule has 6 nitrogen and oxygen atoms in total. The van der Waals surface area contributed by atoms with E-state index in [2.05, 4.69) is 27.8 Å². The first-order valence-corrected chi connectivity index (χ1v) is 7.17. The molecule has 0 atom stereocenters. The fraction of sp³-hybridized carbons (Fsp3) is 0.0588. The summed E-state index contributed by atoms with van der Waals surface area (Å²) in [6, 6.07) is 11.5. The van der Waals surface area contributed by atoms with Crippen LogP contribution in [0, 0.1) is 5.82 Å². The number of hydrogen-bond donors (Lipinski definition) is 4. The van der Waals surface area contributed by atoms with Crippen LogP contribution in [0.5, 0.6) is 0 Å². The third-order valence-corrected chi connectivity index (χ3v) is 2.93. The molecule has 0 aliphatic rings. The molecular formula is C17H17FN4O2. The normalized spacial score (nSPS) is 9.71. The molecule has 0 saturated heterocycles. The van der Waals surface area contributed by atoms with E-state index in [-0.39, 0.29) is 11.7 Å². The van der Waals surface area contributed by atoms with Crippen molar-refractivity contribution in [3.05, 3.63) is 67.0 Å². The summed E-state index contributed by atoms with van der Waals surface area (Å²) in [6.45, 7) is 3.86. The minimum Gasteiger partial charge on any atom is -0.334 e. The largest absolute Gasteiger partial charge is 0.334 e. The number of nitrogens with one attached hydrogen (secondary N) is 4. The van der Waals surface area contributed by atoms with E-state index in [9.17, 15) is 14.0 Å². The predicted molar refractivity (Wildman–Crippen MR) is 92.7 cm³/mol. The molecule has 2 rings (SSSR count). The molecule has 0 saturated carbocycles. The van der Waals surface area contributed by atoms with E-state index >= 15 is 0 Å². The van der Waals surface area contributed by atoms with Crippen molar-refractivity contribution in [2.75, 3.05) is 22.5 Å². The van der Waals surface area contributed by atoms with Crippen molar-refractivity contribution in [2.45, 2.75) is 0 Å². The molecule has 24 heavy (non-hydrogen) atoms. The molecule has 0 fully saturated rings. The molecule has 0 spiro atoms. The van der Waals surface area contributed by atoms with Gasteiger partial charge >= 0.3 is 12.1 Å². The highest BCUT2D eigenvalue weighted by atomic mass is 19.1. The van der Waals surface area contributed by atoms with Crippen molar-refractivity contribution in [3.63, 3.8) is 0 Å². The molecule has 2 aromatic rings. The van der Waals surface area contributed by atoms with Crippen LogP contribution in [-0.2, 0) is 0 Å². The summed E-state index contributed by atoms with van der Waals surface area (Å²) in [6.07, 6.45) is 1.57. The van der Waals surface area contributed by atoms with Crippen LogP contribution in [0.4, 0.5) is 31.0 Å². The van der Waals surface area contributed by atoms with Crippen LogP contribution in [0.3, 0.4) is 0 Å². The molecule has 4 amide bonds. The second kappa shape index (κ2) is 8.33. The molecular weight excluding hydrogens is 311 g/mol. The number of urea groups is 2. The Hall–Kier alpha value is -3.35. The van der Waals surface area contributed by atoms with E-state index in [0.29, 0.717) is 17.9 Å². The summed E-state index contributed by atoms with van der Waals surface area (Å²) < 4.78 is 13.5. The van der Waals surface area contributed by atoms with Crippen LogP contribution in [0.15, 0.2) is 61.2 Å². The Morgan fingerprint density at radius 3 is 2.08 bits per heavy atom. The molecule has 0 aliphatic heterocycles. The molecule has 124 valence electrons. The maximum Gasteiger partial charge on any atom is 0.323 e. The summed E-state index contributed by atoms with van der Waals surface area (Å²) in [7, 11) is 0. The van der Waals surface area contributed by atoms with Gasteiger partial charge in [0, 0.05) is 17.9 Å². The highest BCUT2D eigenvalue weighted by molar-refractivity contribution is 6.00. The van der Waals surface area contributed by atoms with Crippen LogP contribution in [0.1, 0.15) is 0 Å². The maximum absolute atomic E-state index is 13.5. The summed E-state index contributed by atoms with van der Waals surface area (Å²) >= 11 is 0. The molecule has 0 unspecified atom stereocenters. The van der Waals surface area contributed by atoms with Crippen LogP contribution < -0.4 is 21.3 Å². The first-order chi connectivity index (χ1) is 11.6. The van der Waals surface area contributed by atoms with E-state index in [4.69, 9.17) is 0 Å². The zero-order chi connectivity index (χ0) is 17.4. The van der Waals surface area contributed by atoms with Gasteiger partial charge in [-0.2, -0.15) is 0 Å². The second-order valence-corrected chi connectivity index (χ2v) is 4.76. The zero-order valence-corrected chi connectivity index (χ0v) is 12.8. The van der Waals surface area contributed by atoms with E-state index < -0.39 is 11.8 Å². The lowest BCUT2D eigenvalue weighted by Gasteiger charge is -2.10. The number of benzene rings is 2. The SMILES string of the molecule is C=CCNC(=O)Nc1ccc(NC(=O)Nc2ccccc2F)cc1. The Morgan fingerprint density at radius 1 is 0.917 bits per heavy atom. The third kappa shape index (κ3) is 5.13. The van der Waals surface area contributed by atoms with Crippen molar-refractivity contribution < 1.29 is 14.0 Å². The van der Waals surface area contributed by atoms with Crippen molar-refractivity contribution in [1.29, 1.82) is 0 Å². The van der Waals surface area contributed by atoms with Gasteiger partial charge in [0.25, 0.3) is 0 Å². The minimum atomic E-state index is -0.565. The monoisotopic (exact) mass is 328 g/mol. The first-order valence-electron chi connectivity index (χ1n) is 7.17. The Balaban J connectivity index is 1.89. The van der Waals surface area contributed by atoms with Gasteiger partial charge in [0.1, 0.15) is 5.82 Å². The molecule has 4 N–H and O–H groups in total. The van der Waals surface area contributed by atoms with E-state index in [0.717, 1.165) is 0 Å². The average Bonchev–Trinajstić information content (AvgIpc) is 2.57. The Morgan fingerprint density at radius 2 is 1.50 bits per heavy atom. The van der Waals surface area contributed by atoms with Gasteiger partial charge in [0.2, 0.25) is 0 Å². The standard InChI is InChI=1S/C17H17FN4O2/c1-2-11-19-16(23)20-12-7-9-13(10-8-12)21-17(24)22-15-6-4-3-5-14(15)18/h2-10H,1,11H2,(H2,19,20,23)(H2,21,22,24). The predicted octanol–water partition coefficient (Wildman–Crippen LogP) is 3.78. The van der Waals surface area contributed by atoms with Crippen molar-refractivity contribution in [3.8, 4) is 0 Å². The molecule has 7 heteroatoms. The number of carbonyl (C=O) groups is 2. The fourth-order valence-electron chi connectivity index (χ4n) is 1.82. The topological polar surface area (TPSA) is 82.3 Å². The highest BCUT2D eigenvalue weighted by Crippen LogP contribution is 2.15. The number of amides is 4. The van der Waals surface area contributed by atoms with Gasteiger partial charge < -0.3 is 21.3 Å².